The maximum atomic E-state index is 12.4. The molecule has 2 aliphatic rings. The number of carbonyl (C=O) groups excluding carboxylic acids is 2. The van der Waals surface area contributed by atoms with E-state index < -0.39 is 0 Å². The van der Waals surface area contributed by atoms with Crippen LogP contribution in [0.4, 0.5) is 4.79 Å². The molecule has 2 saturated heterocycles. The number of hydrogen-bond acceptors (Lipinski definition) is 3. The number of ether oxygens (including phenoxy) is 1. The number of hydrogen-bond donors (Lipinski definition) is 0. The van der Waals surface area contributed by atoms with Crippen LogP contribution in [0, 0.1) is 5.92 Å². The van der Waals surface area contributed by atoms with E-state index in [-0.39, 0.29) is 24.0 Å². The van der Waals surface area contributed by atoms with Crippen LogP contribution in [0.3, 0.4) is 0 Å². The van der Waals surface area contributed by atoms with Crippen LogP contribution in [0.25, 0.3) is 0 Å². The smallest absolute Gasteiger partial charge is 0.319 e. The summed E-state index contributed by atoms with van der Waals surface area (Å²) in [7, 11) is 5.22. The van der Waals surface area contributed by atoms with Crippen molar-refractivity contribution in [1.29, 1.82) is 0 Å². The number of piperidine rings is 1. The fourth-order valence-electron chi connectivity index (χ4n) is 2.98. The zero-order valence-electron chi connectivity index (χ0n) is 12.7. The maximum Gasteiger partial charge on any atom is 0.319 e. The van der Waals surface area contributed by atoms with Crippen LogP contribution >= 0.6 is 0 Å². The highest BCUT2D eigenvalue weighted by molar-refractivity contribution is 5.80. The molecule has 0 N–H and O–H groups in total. The molecule has 2 rings (SSSR count). The van der Waals surface area contributed by atoms with Gasteiger partial charge in [-0.2, -0.15) is 0 Å². The van der Waals surface area contributed by atoms with Crippen LogP contribution in [0.1, 0.15) is 19.3 Å². The summed E-state index contributed by atoms with van der Waals surface area (Å²) in [4.78, 5) is 29.6. The minimum absolute atomic E-state index is 0.0384. The second-order valence-electron chi connectivity index (χ2n) is 5.87. The van der Waals surface area contributed by atoms with E-state index in [9.17, 15) is 9.59 Å². The summed E-state index contributed by atoms with van der Waals surface area (Å²) in [5.74, 6) is 0.304. The molecule has 6 nitrogen and oxygen atoms in total. The summed E-state index contributed by atoms with van der Waals surface area (Å²) in [6, 6.07) is 0.0384. The highest BCUT2D eigenvalue weighted by Gasteiger charge is 2.33. The Kier molecular flexibility index (Phi) is 4.86. The van der Waals surface area contributed by atoms with Crippen LogP contribution in [0.2, 0.25) is 0 Å². The van der Waals surface area contributed by atoms with E-state index >= 15 is 0 Å². The molecule has 0 unspecified atom stereocenters. The fraction of sp³-hybridized carbons (Fsp3) is 0.857. The molecule has 0 aromatic carbocycles. The predicted octanol–water partition coefficient (Wildman–Crippen LogP) is 0.627. The summed E-state index contributed by atoms with van der Waals surface area (Å²) in [6.45, 7) is 2.87. The Labute approximate surface area is 120 Å². The molecule has 2 aliphatic heterocycles. The van der Waals surface area contributed by atoms with Crippen molar-refractivity contribution in [1.82, 2.24) is 14.7 Å². The number of rotatable bonds is 2. The van der Waals surface area contributed by atoms with Gasteiger partial charge in [-0.3, -0.25) is 4.79 Å². The van der Waals surface area contributed by atoms with Crippen LogP contribution in [-0.2, 0) is 9.53 Å². The van der Waals surface area contributed by atoms with Gasteiger partial charge in [-0.15, -0.1) is 0 Å². The highest BCUT2D eigenvalue weighted by atomic mass is 16.5. The number of carbonyl (C=O) groups is 2. The SMILES string of the molecule is CO[C@H]1CCN(C(=O)C2CCN(C(=O)N(C)C)CC2)C1. The Morgan fingerprint density at radius 2 is 1.65 bits per heavy atom. The summed E-state index contributed by atoms with van der Waals surface area (Å²) in [5.41, 5.74) is 0. The van der Waals surface area contributed by atoms with Gasteiger partial charge in [0.2, 0.25) is 5.91 Å². The second-order valence-corrected chi connectivity index (χ2v) is 5.87. The van der Waals surface area contributed by atoms with Gasteiger partial charge in [-0.25, -0.2) is 4.79 Å². The van der Waals surface area contributed by atoms with E-state index in [1.807, 2.05) is 9.80 Å². The first-order valence-electron chi connectivity index (χ1n) is 7.30. The Morgan fingerprint density at radius 1 is 1.05 bits per heavy atom. The van der Waals surface area contributed by atoms with Gasteiger partial charge in [0, 0.05) is 53.3 Å². The molecule has 6 heteroatoms. The van der Waals surface area contributed by atoms with Crippen molar-refractivity contribution in [3.8, 4) is 0 Å². The predicted molar refractivity (Wildman–Crippen MR) is 75.4 cm³/mol. The number of methoxy groups -OCH3 is 1. The van der Waals surface area contributed by atoms with Gasteiger partial charge in [0.25, 0.3) is 0 Å². The minimum Gasteiger partial charge on any atom is -0.380 e. The lowest BCUT2D eigenvalue weighted by molar-refractivity contribution is -0.136. The van der Waals surface area contributed by atoms with Gasteiger partial charge in [-0.1, -0.05) is 0 Å². The Bertz CT molecular complexity index is 365. The molecule has 0 saturated carbocycles. The molecule has 0 aromatic heterocycles. The van der Waals surface area contributed by atoms with Gasteiger partial charge in [0.1, 0.15) is 0 Å². The van der Waals surface area contributed by atoms with Gasteiger partial charge in [0.15, 0.2) is 0 Å². The molecular formula is C14H25N3O3. The van der Waals surface area contributed by atoms with Crippen LogP contribution in [0.5, 0.6) is 0 Å². The number of nitrogens with zero attached hydrogens (tertiary/aromatic N) is 3. The van der Waals surface area contributed by atoms with Crippen LogP contribution in [0.15, 0.2) is 0 Å². The lowest BCUT2D eigenvalue weighted by atomic mass is 9.95. The Hall–Kier alpha value is -1.30. The normalized spacial score (nSPS) is 24.1. The molecule has 0 radical (unpaired) electrons. The monoisotopic (exact) mass is 283 g/mol. The minimum atomic E-state index is 0.0384. The summed E-state index contributed by atoms with van der Waals surface area (Å²) < 4.78 is 5.30. The van der Waals surface area contributed by atoms with Crippen molar-refractivity contribution < 1.29 is 14.3 Å². The first kappa shape index (κ1) is 15.1. The average molecular weight is 283 g/mol. The average Bonchev–Trinajstić information content (AvgIpc) is 2.94. The summed E-state index contributed by atoms with van der Waals surface area (Å²) in [5, 5.41) is 0. The first-order valence-corrected chi connectivity index (χ1v) is 7.30. The third-order valence-electron chi connectivity index (χ3n) is 4.29. The lowest BCUT2D eigenvalue weighted by Crippen LogP contribution is -2.47. The van der Waals surface area contributed by atoms with Crippen molar-refractivity contribution in [3.05, 3.63) is 0 Å². The third-order valence-corrected chi connectivity index (χ3v) is 4.29. The first-order chi connectivity index (χ1) is 9.52. The number of amides is 3. The van der Waals surface area contributed by atoms with Gasteiger partial charge >= 0.3 is 6.03 Å². The van der Waals surface area contributed by atoms with Crippen LogP contribution < -0.4 is 0 Å². The quantitative estimate of drug-likeness (QED) is 0.747. The molecule has 0 aromatic rings. The second kappa shape index (κ2) is 6.43. The molecule has 2 heterocycles. The molecule has 2 fully saturated rings. The topological polar surface area (TPSA) is 53.1 Å². The van der Waals surface area contributed by atoms with Crippen LogP contribution in [-0.4, -0.2) is 80.1 Å². The Morgan fingerprint density at radius 3 is 2.15 bits per heavy atom. The lowest BCUT2D eigenvalue weighted by Gasteiger charge is -2.34. The fourth-order valence-corrected chi connectivity index (χ4v) is 2.98. The molecule has 20 heavy (non-hydrogen) atoms. The molecule has 1 atom stereocenters. The van der Waals surface area contributed by atoms with Crippen molar-refractivity contribution in [2.75, 3.05) is 47.4 Å². The summed E-state index contributed by atoms with van der Waals surface area (Å²) >= 11 is 0. The highest BCUT2D eigenvalue weighted by Crippen LogP contribution is 2.23. The van der Waals surface area contributed by atoms with Gasteiger partial charge < -0.3 is 19.4 Å². The zero-order valence-corrected chi connectivity index (χ0v) is 12.7. The zero-order chi connectivity index (χ0) is 14.7. The Balaban J connectivity index is 1.82. The van der Waals surface area contributed by atoms with Gasteiger partial charge in [-0.05, 0) is 19.3 Å². The molecular weight excluding hydrogens is 258 g/mol. The van der Waals surface area contributed by atoms with E-state index in [0.717, 1.165) is 25.8 Å². The number of urea groups is 1. The largest absolute Gasteiger partial charge is 0.380 e. The van der Waals surface area contributed by atoms with E-state index in [2.05, 4.69) is 0 Å². The van der Waals surface area contributed by atoms with E-state index in [1.54, 1.807) is 26.1 Å². The maximum absolute atomic E-state index is 12.4. The number of likely N-dealkylation sites (tertiary alicyclic amines) is 2. The van der Waals surface area contributed by atoms with Crippen molar-refractivity contribution in [2.45, 2.75) is 25.4 Å². The molecule has 0 bridgehead atoms. The van der Waals surface area contributed by atoms with E-state index in [4.69, 9.17) is 4.74 Å². The molecule has 114 valence electrons. The molecule has 3 amide bonds. The van der Waals surface area contributed by atoms with Gasteiger partial charge in [0.05, 0.1) is 6.10 Å². The molecule has 0 aliphatic carbocycles. The van der Waals surface area contributed by atoms with Crippen molar-refractivity contribution in [2.24, 2.45) is 5.92 Å². The van der Waals surface area contributed by atoms with E-state index in [0.29, 0.717) is 19.6 Å². The van der Waals surface area contributed by atoms with E-state index in [1.165, 1.54) is 0 Å². The molecule has 0 spiro atoms. The van der Waals surface area contributed by atoms with Crippen molar-refractivity contribution >= 4 is 11.9 Å². The third kappa shape index (κ3) is 3.23. The standard InChI is InChI=1S/C14H25N3O3/c1-15(2)14(19)16-7-4-11(5-8-16)13(18)17-9-6-12(10-17)20-3/h11-12H,4-10H2,1-3H3/t12-/m0/s1. The summed E-state index contributed by atoms with van der Waals surface area (Å²) in [6.07, 6.45) is 2.66. The van der Waals surface area contributed by atoms with Crippen molar-refractivity contribution in [3.63, 3.8) is 0 Å².